The fourth-order valence-electron chi connectivity index (χ4n) is 1.30. The fourth-order valence-corrected chi connectivity index (χ4v) is 1.81. The van der Waals surface area contributed by atoms with Gasteiger partial charge in [0.1, 0.15) is 5.75 Å². The molecule has 0 saturated heterocycles. The molecule has 0 radical (unpaired) electrons. The minimum atomic E-state index is -0.622. The standard InChI is InChI=1S/C12H14BrClO3.C2H6/c1-3-10(12(15)16-2)17-11-6-8(7-13)4-5-9(11)14;1-2/h4-6,10H,3,7H2,1-2H3;1-2H3. The Kier molecular flexibility index (Phi) is 9.70. The van der Waals surface area contributed by atoms with Crippen LogP contribution in [0.1, 0.15) is 32.8 Å². The van der Waals surface area contributed by atoms with Crippen LogP contribution in [0.4, 0.5) is 0 Å². The summed E-state index contributed by atoms with van der Waals surface area (Å²) in [6.07, 6.45) is -0.0928. The molecule has 0 N–H and O–H groups in total. The van der Waals surface area contributed by atoms with Crippen molar-refractivity contribution in [1.82, 2.24) is 0 Å². The normalized spacial score (nSPS) is 11.1. The summed E-state index contributed by atoms with van der Waals surface area (Å²) in [5.41, 5.74) is 1.03. The van der Waals surface area contributed by atoms with Crippen molar-refractivity contribution >= 4 is 33.5 Å². The Bertz CT molecular complexity index is 396. The minimum absolute atomic E-state index is 0.396. The van der Waals surface area contributed by atoms with E-state index in [1.807, 2.05) is 32.9 Å². The Labute approximate surface area is 128 Å². The zero-order chi connectivity index (χ0) is 14.8. The van der Waals surface area contributed by atoms with Crippen LogP contribution in [0, 0.1) is 0 Å². The van der Waals surface area contributed by atoms with Crippen LogP contribution in [-0.4, -0.2) is 19.2 Å². The molecule has 0 amide bonds. The Morgan fingerprint density at radius 2 is 2.05 bits per heavy atom. The molecule has 0 bridgehead atoms. The topological polar surface area (TPSA) is 35.5 Å². The summed E-state index contributed by atoms with van der Waals surface area (Å²) in [5.74, 6) is 0.105. The second-order valence-corrected chi connectivity index (χ2v) is 4.40. The van der Waals surface area contributed by atoms with Crippen LogP contribution in [0.2, 0.25) is 5.02 Å². The van der Waals surface area contributed by atoms with Crippen molar-refractivity contribution in [2.24, 2.45) is 0 Å². The van der Waals surface area contributed by atoms with E-state index < -0.39 is 12.1 Å². The summed E-state index contributed by atoms with van der Waals surface area (Å²) in [4.78, 5) is 11.4. The van der Waals surface area contributed by atoms with Gasteiger partial charge < -0.3 is 9.47 Å². The molecule has 0 aliphatic carbocycles. The highest BCUT2D eigenvalue weighted by atomic mass is 79.9. The molecule has 1 aromatic carbocycles. The summed E-state index contributed by atoms with van der Waals surface area (Å²) >= 11 is 9.36. The van der Waals surface area contributed by atoms with Gasteiger partial charge in [0.05, 0.1) is 12.1 Å². The highest BCUT2D eigenvalue weighted by Gasteiger charge is 2.20. The van der Waals surface area contributed by atoms with E-state index in [-0.39, 0.29) is 0 Å². The van der Waals surface area contributed by atoms with Gasteiger partial charge in [-0.25, -0.2) is 4.79 Å². The van der Waals surface area contributed by atoms with E-state index in [1.165, 1.54) is 7.11 Å². The van der Waals surface area contributed by atoms with Gasteiger partial charge in [-0.05, 0) is 24.1 Å². The first-order valence-corrected chi connectivity index (χ1v) is 7.71. The van der Waals surface area contributed by atoms with Gasteiger partial charge in [-0.3, -0.25) is 0 Å². The number of hydrogen-bond donors (Lipinski definition) is 0. The predicted molar refractivity (Wildman–Crippen MR) is 82.2 cm³/mol. The minimum Gasteiger partial charge on any atom is -0.477 e. The third kappa shape index (κ3) is 5.83. The number of alkyl halides is 1. The number of benzene rings is 1. The van der Waals surface area contributed by atoms with Crippen molar-refractivity contribution < 1.29 is 14.3 Å². The highest BCUT2D eigenvalue weighted by Crippen LogP contribution is 2.28. The largest absolute Gasteiger partial charge is 0.477 e. The maximum atomic E-state index is 11.4. The van der Waals surface area contributed by atoms with Crippen molar-refractivity contribution in [2.75, 3.05) is 7.11 Å². The molecule has 5 heteroatoms. The summed E-state index contributed by atoms with van der Waals surface area (Å²) < 4.78 is 10.2. The van der Waals surface area contributed by atoms with Crippen LogP contribution < -0.4 is 4.74 Å². The fraction of sp³-hybridized carbons (Fsp3) is 0.500. The van der Waals surface area contributed by atoms with Crippen molar-refractivity contribution in [3.63, 3.8) is 0 Å². The van der Waals surface area contributed by atoms with Gasteiger partial charge in [-0.2, -0.15) is 0 Å². The predicted octanol–water partition coefficient (Wildman–Crippen LogP) is 4.59. The lowest BCUT2D eigenvalue weighted by molar-refractivity contribution is -0.148. The van der Waals surface area contributed by atoms with Crippen LogP contribution in [0.5, 0.6) is 5.75 Å². The highest BCUT2D eigenvalue weighted by molar-refractivity contribution is 9.08. The van der Waals surface area contributed by atoms with Crippen LogP contribution in [-0.2, 0) is 14.9 Å². The molecular weight excluding hydrogens is 332 g/mol. The molecule has 108 valence electrons. The molecule has 0 saturated carbocycles. The van der Waals surface area contributed by atoms with E-state index >= 15 is 0 Å². The number of rotatable bonds is 5. The monoisotopic (exact) mass is 350 g/mol. The lowest BCUT2D eigenvalue weighted by atomic mass is 10.2. The average Bonchev–Trinajstić information content (AvgIpc) is 2.47. The quantitative estimate of drug-likeness (QED) is 0.575. The van der Waals surface area contributed by atoms with Crippen molar-refractivity contribution in [3.05, 3.63) is 28.8 Å². The second-order valence-electron chi connectivity index (χ2n) is 3.44. The molecular formula is C14H20BrClO3. The van der Waals surface area contributed by atoms with Gasteiger partial charge in [0.25, 0.3) is 0 Å². The maximum Gasteiger partial charge on any atom is 0.347 e. The number of hydrogen-bond acceptors (Lipinski definition) is 3. The third-order valence-corrected chi connectivity index (χ3v) is 3.21. The van der Waals surface area contributed by atoms with E-state index in [2.05, 4.69) is 20.7 Å². The lowest BCUT2D eigenvalue weighted by Crippen LogP contribution is -2.27. The number of methoxy groups -OCH3 is 1. The molecule has 1 aromatic rings. The first-order valence-electron chi connectivity index (χ1n) is 6.21. The molecule has 1 atom stereocenters. The van der Waals surface area contributed by atoms with Crippen LogP contribution in [0.15, 0.2) is 18.2 Å². The Hall–Kier alpha value is -0.740. The Balaban J connectivity index is 0.00000154. The number of ether oxygens (including phenoxy) is 2. The smallest absolute Gasteiger partial charge is 0.347 e. The molecule has 0 spiro atoms. The van der Waals surface area contributed by atoms with Gasteiger partial charge >= 0.3 is 5.97 Å². The zero-order valence-electron chi connectivity index (χ0n) is 11.7. The molecule has 19 heavy (non-hydrogen) atoms. The van der Waals surface area contributed by atoms with E-state index in [9.17, 15) is 4.79 Å². The van der Waals surface area contributed by atoms with Gasteiger partial charge in [0, 0.05) is 5.33 Å². The van der Waals surface area contributed by atoms with Crippen molar-refractivity contribution in [1.29, 1.82) is 0 Å². The molecule has 0 fully saturated rings. The first-order chi connectivity index (χ1) is 9.12. The summed E-state index contributed by atoms with van der Waals surface area (Å²) in [6, 6.07) is 5.45. The Morgan fingerprint density at radius 1 is 1.42 bits per heavy atom. The zero-order valence-corrected chi connectivity index (χ0v) is 14.0. The van der Waals surface area contributed by atoms with Crippen LogP contribution in [0.25, 0.3) is 0 Å². The lowest BCUT2D eigenvalue weighted by Gasteiger charge is -2.16. The van der Waals surface area contributed by atoms with E-state index in [4.69, 9.17) is 16.3 Å². The molecule has 1 rings (SSSR count). The van der Waals surface area contributed by atoms with Gasteiger partial charge in [0.15, 0.2) is 6.10 Å². The molecule has 3 nitrogen and oxygen atoms in total. The average molecular weight is 352 g/mol. The van der Waals surface area contributed by atoms with Crippen LogP contribution >= 0.6 is 27.5 Å². The number of carbonyl (C=O) groups excluding carboxylic acids is 1. The first kappa shape index (κ1) is 18.3. The van der Waals surface area contributed by atoms with Crippen molar-refractivity contribution in [3.8, 4) is 5.75 Å². The summed E-state index contributed by atoms with van der Waals surface area (Å²) in [5, 5.41) is 1.19. The molecule has 0 aliphatic heterocycles. The summed E-state index contributed by atoms with van der Waals surface area (Å²) in [7, 11) is 1.34. The van der Waals surface area contributed by atoms with E-state index in [0.717, 1.165) is 5.56 Å². The molecule has 0 aliphatic rings. The third-order valence-electron chi connectivity index (χ3n) is 2.25. The summed E-state index contributed by atoms with van der Waals surface area (Å²) in [6.45, 7) is 5.85. The molecule has 1 unspecified atom stereocenters. The van der Waals surface area contributed by atoms with Crippen LogP contribution in [0.3, 0.4) is 0 Å². The van der Waals surface area contributed by atoms with Gasteiger partial charge in [-0.1, -0.05) is 54.4 Å². The number of esters is 1. The van der Waals surface area contributed by atoms with E-state index in [1.54, 1.807) is 6.07 Å². The SMILES string of the molecule is CC.CCC(Oc1cc(CBr)ccc1Cl)C(=O)OC. The molecule has 0 heterocycles. The number of carbonyl (C=O) groups is 1. The number of halogens is 2. The van der Waals surface area contributed by atoms with E-state index in [0.29, 0.717) is 22.5 Å². The molecule has 0 aromatic heterocycles. The second kappa shape index (κ2) is 10.1. The Morgan fingerprint density at radius 3 is 2.53 bits per heavy atom. The van der Waals surface area contributed by atoms with Crippen molar-refractivity contribution in [2.45, 2.75) is 38.6 Å². The van der Waals surface area contributed by atoms with Gasteiger partial charge in [0.2, 0.25) is 0 Å². The maximum absolute atomic E-state index is 11.4. The van der Waals surface area contributed by atoms with Gasteiger partial charge in [-0.15, -0.1) is 0 Å².